The number of nitrogens with zero attached hydrogens (tertiary/aromatic N) is 2. The maximum Gasteiger partial charge on any atom is 0.257 e. The number of rotatable bonds is 4. The molecular weight excluding hydrogens is 266 g/mol. The average molecular weight is 289 g/mol. The van der Waals surface area contributed by atoms with Gasteiger partial charge in [-0.15, -0.1) is 0 Å². The fraction of sp³-hybridized carbons (Fsp3) is 0.562. The minimum atomic E-state index is -0.195. The molecule has 3 rings (SSSR count). The summed E-state index contributed by atoms with van der Waals surface area (Å²) < 4.78 is 5.85. The van der Waals surface area contributed by atoms with Gasteiger partial charge in [0.25, 0.3) is 5.91 Å². The van der Waals surface area contributed by atoms with E-state index < -0.39 is 0 Å². The van der Waals surface area contributed by atoms with Crippen molar-refractivity contribution < 1.29 is 9.53 Å². The molecule has 1 atom stereocenters. The molecule has 5 heteroatoms. The smallest absolute Gasteiger partial charge is 0.257 e. The molecule has 1 saturated heterocycles. The van der Waals surface area contributed by atoms with E-state index in [4.69, 9.17) is 4.74 Å². The van der Waals surface area contributed by atoms with Crippen molar-refractivity contribution in [3.63, 3.8) is 0 Å². The Morgan fingerprint density at radius 3 is 2.81 bits per heavy atom. The molecule has 1 fully saturated rings. The van der Waals surface area contributed by atoms with Crippen LogP contribution in [0.15, 0.2) is 24.3 Å². The van der Waals surface area contributed by atoms with Gasteiger partial charge in [-0.3, -0.25) is 4.79 Å². The van der Waals surface area contributed by atoms with E-state index >= 15 is 0 Å². The third kappa shape index (κ3) is 3.54. The normalized spacial score (nSPS) is 23.3. The van der Waals surface area contributed by atoms with Crippen LogP contribution in [-0.2, 0) is 0 Å². The van der Waals surface area contributed by atoms with Crippen LogP contribution >= 0.6 is 0 Å². The number of para-hydroxylation sites is 1. The van der Waals surface area contributed by atoms with Crippen molar-refractivity contribution in [1.82, 2.24) is 15.1 Å². The number of nitrogens with one attached hydrogen (secondary N) is 1. The van der Waals surface area contributed by atoms with Crippen molar-refractivity contribution in [3.05, 3.63) is 29.8 Å². The van der Waals surface area contributed by atoms with Crippen molar-refractivity contribution in [2.24, 2.45) is 0 Å². The van der Waals surface area contributed by atoms with Gasteiger partial charge in [-0.2, -0.15) is 0 Å². The Bertz CT molecular complexity index is 498. The number of fused-ring (bicyclic) bond motifs is 1. The van der Waals surface area contributed by atoms with Crippen LogP contribution in [0, 0.1) is 0 Å². The monoisotopic (exact) mass is 289 g/mol. The van der Waals surface area contributed by atoms with Gasteiger partial charge in [0.1, 0.15) is 5.75 Å². The Kier molecular flexibility index (Phi) is 4.41. The van der Waals surface area contributed by atoms with E-state index in [0.717, 1.165) is 45.6 Å². The Balaban J connectivity index is 1.46. The second-order valence-electron chi connectivity index (χ2n) is 5.86. The lowest BCUT2D eigenvalue weighted by molar-refractivity contribution is 0.0719. The third-order valence-corrected chi connectivity index (χ3v) is 4.23. The van der Waals surface area contributed by atoms with Gasteiger partial charge in [0, 0.05) is 32.6 Å². The zero-order valence-electron chi connectivity index (χ0n) is 12.5. The predicted octanol–water partition coefficient (Wildman–Crippen LogP) is 1.16. The summed E-state index contributed by atoms with van der Waals surface area (Å²) in [7, 11) is 2.17. The van der Waals surface area contributed by atoms with Crippen molar-refractivity contribution in [2.45, 2.75) is 19.1 Å². The van der Waals surface area contributed by atoms with Crippen LogP contribution in [0.5, 0.6) is 5.75 Å². The molecule has 0 radical (unpaired) electrons. The Morgan fingerprint density at radius 2 is 2.00 bits per heavy atom. The van der Waals surface area contributed by atoms with Crippen molar-refractivity contribution in [3.8, 4) is 5.75 Å². The zero-order valence-corrected chi connectivity index (χ0v) is 12.5. The highest BCUT2D eigenvalue weighted by Gasteiger charge is 2.24. The third-order valence-electron chi connectivity index (χ3n) is 4.23. The number of carbonyl (C=O) groups is 1. The van der Waals surface area contributed by atoms with E-state index in [1.807, 2.05) is 18.2 Å². The highest BCUT2D eigenvalue weighted by molar-refractivity contribution is 5.97. The number of likely N-dealkylation sites (N-methyl/N-ethyl adjacent to an activating group) is 1. The molecule has 1 unspecified atom stereocenters. The fourth-order valence-corrected chi connectivity index (χ4v) is 2.87. The second-order valence-corrected chi connectivity index (χ2v) is 5.86. The summed E-state index contributed by atoms with van der Waals surface area (Å²) in [5.41, 5.74) is 0.632. The molecule has 1 aromatic rings. The molecule has 2 aliphatic rings. The molecule has 0 bridgehead atoms. The van der Waals surface area contributed by atoms with Gasteiger partial charge >= 0.3 is 0 Å². The minimum Gasteiger partial charge on any atom is -0.470 e. The molecule has 114 valence electrons. The number of amides is 1. The summed E-state index contributed by atoms with van der Waals surface area (Å²) in [5.74, 6) is 0.673. The van der Waals surface area contributed by atoms with E-state index in [0.29, 0.717) is 11.3 Å². The summed E-state index contributed by atoms with van der Waals surface area (Å²) >= 11 is 0. The first-order chi connectivity index (χ1) is 10.2. The molecule has 0 saturated carbocycles. The molecule has 21 heavy (non-hydrogen) atoms. The van der Waals surface area contributed by atoms with Gasteiger partial charge in [0.2, 0.25) is 0 Å². The largest absolute Gasteiger partial charge is 0.470 e. The van der Waals surface area contributed by atoms with Crippen LogP contribution in [0.2, 0.25) is 0 Å². The summed E-state index contributed by atoms with van der Waals surface area (Å²) in [5, 5.41) is 2.93. The second kappa shape index (κ2) is 6.45. The van der Waals surface area contributed by atoms with E-state index in [2.05, 4.69) is 22.2 Å². The molecule has 0 aliphatic carbocycles. The molecule has 1 N–H and O–H groups in total. The van der Waals surface area contributed by atoms with Gasteiger partial charge in [-0.05, 0) is 32.1 Å². The molecule has 1 amide bonds. The maximum absolute atomic E-state index is 12.0. The number of hydrogen-bond donors (Lipinski definition) is 1. The highest BCUT2D eigenvalue weighted by Crippen LogP contribution is 2.23. The number of hydrogen-bond acceptors (Lipinski definition) is 4. The molecule has 0 aromatic heterocycles. The van der Waals surface area contributed by atoms with Crippen LogP contribution < -0.4 is 10.1 Å². The maximum atomic E-state index is 12.0. The molecular formula is C16H23N3O2. The van der Waals surface area contributed by atoms with Crippen LogP contribution in [0.25, 0.3) is 0 Å². The molecule has 5 nitrogen and oxygen atoms in total. The van der Waals surface area contributed by atoms with Crippen LogP contribution in [-0.4, -0.2) is 61.7 Å². The summed E-state index contributed by atoms with van der Waals surface area (Å²) in [6.45, 7) is 5.63. The van der Waals surface area contributed by atoms with E-state index in [9.17, 15) is 4.79 Å². The quantitative estimate of drug-likeness (QED) is 0.903. The standard InChI is InChI=1S/C16H23N3O2/c1-18-9-11-19(12-10-18)8-4-7-15-17-16(20)13-5-2-3-6-14(13)21-15/h2-3,5-6,15H,4,7-12H2,1H3,(H,17,20). The van der Waals surface area contributed by atoms with Crippen LogP contribution in [0.3, 0.4) is 0 Å². The summed E-state index contributed by atoms with van der Waals surface area (Å²) in [6, 6.07) is 7.42. The number of carbonyl (C=O) groups excluding carboxylic acids is 1. The van der Waals surface area contributed by atoms with Crippen LogP contribution in [0.4, 0.5) is 0 Å². The number of ether oxygens (including phenoxy) is 1. The predicted molar refractivity (Wildman–Crippen MR) is 81.5 cm³/mol. The first-order valence-corrected chi connectivity index (χ1v) is 7.70. The van der Waals surface area contributed by atoms with Gasteiger partial charge in [0.15, 0.2) is 6.23 Å². The number of piperazine rings is 1. The SMILES string of the molecule is CN1CCN(CCCC2NC(=O)c3ccccc3O2)CC1. The summed E-state index contributed by atoms with van der Waals surface area (Å²) in [6.07, 6.45) is 1.70. The topological polar surface area (TPSA) is 44.8 Å². The first-order valence-electron chi connectivity index (χ1n) is 7.70. The summed E-state index contributed by atoms with van der Waals surface area (Å²) in [4.78, 5) is 16.8. The van der Waals surface area contributed by atoms with Crippen molar-refractivity contribution in [2.75, 3.05) is 39.8 Å². The molecule has 0 spiro atoms. The Hall–Kier alpha value is -1.59. The van der Waals surface area contributed by atoms with Gasteiger partial charge < -0.3 is 19.9 Å². The van der Waals surface area contributed by atoms with Gasteiger partial charge in [-0.25, -0.2) is 0 Å². The fourth-order valence-electron chi connectivity index (χ4n) is 2.87. The average Bonchev–Trinajstić information content (AvgIpc) is 2.49. The van der Waals surface area contributed by atoms with Crippen molar-refractivity contribution >= 4 is 5.91 Å². The van der Waals surface area contributed by atoms with Gasteiger partial charge in [0.05, 0.1) is 5.56 Å². The van der Waals surface area contributed by atoms with Crippen LogP contribution in [0.1, 0.15) is 23.2 Å². The lowest BCUT2D eigenvalue weighted by atomic mass is 10.1. The highest BCUT2D eigenvalue weighted by atomic mass is 16.5. The van der Waals surface area contributed by atoms with Gasteiger partial charge in [-0.1, -0.05) is 12.1 Å². The number of benzene rings is 1. The van der Waals surface area contributed by atoms with Crippen molar-refractivity contribution in [1.29, 1.82) is 0 Å². The molecule has 1 aromatic carbocycles. The lowest BCUT2D eigenvalue weighted by Crippen LogP contribution is -2.46. The molecule has 2 heterocycles. The van der Waals surface area contributed by atoms with E-state index in [1.54, 1.807) is 6.07 Å². The van der Waals surface area contributed by atoms with E-state index in [1.165, 1.54) is 0 Å². The van der Waals surface area contributed by atoms with E-state index in [-0.39, 0.29) is 12.1 Å². The first kappa shape index (κ1) is 14.4. The minimum absolute atomic E-state index is 0.0264. The Labute approximate surface area is 125 Å². The lowest BCUT2D eigenvalue weighted by Gasteiger charge is -2.33. The molecule has 2 aliphatic heterocycles. The Morgan fingerprint density at radius 1 is 1.24 bits per heavy atom. The zero-order chi connectivity index (χ0) is 14.7.